The minimum absolute atomic E-state index is 0.0403. The van der Waals surface area contributed by atoms with E-state index < -0.39 is 12.0 Å². The summed E-state index contributed by atoms with van der Waals surface area (Å²) >= 11 is 6.02. The predicted octanol–water partition coefficient (Wildman–Crippen LogP) is 6.15. The van der Waals surface area contributed by atoms with E-state index in [9.17, 15) is 13.6 Å². The number of anilines is 2. The quantitative estimate of drug-likeness (QED) is 0.489. The van der Waals surface area contributed by atoms with Crippen molar-refractivity contribution < 1.29 is 13.6 Å². The molecule has 0 saturated heterocycles. The first-order chi connectivity index (χ1) is 13.4. The zero-order valence-corrected chi connectivity index (χ0v) is 15.7. The van der Waals surface area contributed by atoms with E-state index in [4.69, 9.17) is 11.6 Å². The van der Waals surface area contributed by atoms with E-state index in [-0.39, 0.29) is 18.8 Å². The number of hydrogen-bond donors (Lipinski definition) is 3. The molecule has 5 nitrogen and oxygen atoms in total. The van der Waals surface area contributed by atoms with Gasteiger partial charge in [0.15, 0.2) is 0 Å². The highest BCUT2D eigenvalue weighted by Gasteiger charge is 2.35. The number of fused-ring (bicyclic) bond motifs is 1. The summed E-state index contributed by atoms with van der Waals surface area (Å²) in [6.45, 7) is 0. The van der Waals surface area contributed by atoms with Crippen LogP contribution in [0.15, 0.2) is 42.7 Å². The number of nitrogens with zero attached hydrogens (tertiary/aromatic N) is 1. The molecule has 1 aromatic carbocycles. The number of H-pyrrole nitrogens is 1. The van der Waals surface area contributed by atoms with Gasteiger partial charge in [0.25, 0.3) is 0 Å². The third-order valence-corrected chi connectivity index (χ3v) is 5.31. The normalized spacial score (nSPS) is 16.8. The monoisotopic (exact) mass is 404 g/mol. The minimum Gasteiger partial charge on any atom is -0.359 e. The number of carbonyl (C=O) groups excluding carboxylic acids is 1. The van der Waals surface area contributed by atoms with Crippen LogP contribution in [0.1, 0.15) is 37.3 Å². The third-order valence-electron chi connectivity index (χ3n) is 5.07. The number of aromatic nitrogens is 2. The Morgan fingerprint density at radius 2 is 1.96 bits per heavy atom. The van der Waals surface area contributed by atoms with Gasteiger partial charge in [0, 0.05) is 46.6 Å². The zero-order valence-electron chi connectivity index (χ0n) is 14.9. The van der Waals surface area contributed by atoms with Gasteiger partial charge in [-0.3, -0.25) is 4.98 Å². The summed E-state index contributed by atoms with van der Waals surface area (Å²) in [5.41, 5.74) is 2.79. The van der Waals surface area contributed by atoms with Crippen molar-refractivity contribution in [3.8, 4) is 0 Å². The molecule has 1 fully saturated rings. The van der Waals surface area contributed by atoms with Crippen LogP contribution in [0.5, 0.6) is 0 Å². The first-order valence-corrected chi connectivity index (χ1v) is 9.46. The van der Waals surface area contributed by atoms with Crippen molar-refractivity contribution in [2.24, 2.45) is 0 Å². The Morgan fingerprint density at radius 3 is 2.68 bits per heavy atom. The molecule has 0 atom stereocenters. The molecule has 2 heterocycles. The van der Waals surface area contributed by atoms with Crippen LogP contribution in [-0.4, -0.2) is 21.9 Å². The molecule has 3 aromatic rings. The van der Waals surface area contributed by atoms with Crippen LogP contribution in [-0.2, 0) is 0 Å². The second kappa shape index (κ2) is 7.39. The molecule has 8 heteroatoms. The lowest BCUT2D eigenvalue weighted by Gasteiger charge is -2.27. The lowest BCUT2D eigenvalue weighted by molar-refractivity contribution is -0.0384. The van der Waals surface area contributed by atoms with E-state index in [1.807, 2.05) is 6.07 Å². The highest BCUT2D eigenvalue weighted by molar-refractivity contribution is 6.31. The fourth-order valence-corrected chi connectivity index (χ4v) is 3.71. The van der Waals surface area contributed by atoms with E-state index >= 15 is 0 Å². The van der Waals surface area contributed by atoms with E-state index in [0.717, 1.165) is 16.6 Å². The number of urea groups is 1. The Hall–Kier alpha value is -2.67. The highest BCUT2D eigenvalue weighted by atomic mass is 35.5. The van der Waals surface area contributed by atoms with Gasteiger partial charge in [0.2, 0.25) is 5.92 Å². The van der Waals surface area contributed by atoms with Crippen molar-refractivity contribution in [3.63, 3.8) is 0 Å². The third kappa shape index (κ3) is 4.09. The Kier molecular flexibility index (Phi) is 4.93. The van der Waals surface area contributed by atoms with E-state index in [1.54, 1.807) is 36.7 Å². The molecule has 1 saturated carbocycles. The molecule has 146 valence electrons. The topological polar surface area (TPSA) is 69.8 Å². The molecule has 1 aliphatic rings. The fraction of sp³-hybridized carbons (Fsp3) is 0.300. The first kappa shape index (κ1) is 18.7. The molecule has 0 radical (unpaired) electrons. The summed E-state index contributed by atoms with van der Waals surface area (Å²) in [5.74, 6) is -2.51. The number of carbonyl (C=O) groups is 1. The molecule has 0 aliphatic heterocycles. The van der Waals surface area contributed by atoms with Crippen LogP contribution >= 0.6 is 11.6 Å². The van der Waals surface area contributed by atoms with E-state index in [2.05, 4.69) is 20.6 Å². The molecule has 4 rings (SSSR count). The van der Waals surface area contributed by atoms with Gasteiger partial charge in [0.1, 0.15) is 0 Å². The van der Waals surface area contributed by atoms with Gasteiger partial charge in [-0.15, -0.1) is 0 Å². The van der Waals surface area contributed by atoms with Gasteiger partial charge in [-0.2, -0.15) is 0 Å². The van der Waals surface area contributed by atoms with Gasteiger partial charge in [-0.25, -0.2) is 13.6 Å². The largest absolute Gasteiger partial charge is 0.359 e. The van der Waals surface area contributed by atoms with Gasteiger partial charge in [-0.05, 0) is 43.2 Å². The van der Waals surface area contributed by atoms with Gasteiger partial charge in [0.05, 0.1) is 17.6 Å². The highest BCUT2D eigenvalue weighted by Crippen LogP contribution is 2.40. The molecule has 0 unspecified atom stereocenters. The summed E-state index contributed by atoms with van der Waals surface area (Å²) in [7, 11) is 0. The number of aromatic amines is 1. The second-order valence-electron chi connectivity index (χ2n) is 7.07. The number of hydrogen-bond acceptors (Lipinski definition) is 2. The maximum absolute atomic E-state index is 13.3. The summed E-state index contributed by atoms with van der Waals surface area (Å²) in [6.07, 6.45) is 3.90. The average Bonchev–Trinajstić information content (AvgIpc) is 3.04. The van der Waals surface area contributed by atoms with Crippen molar-refractivity contribution >= 4 is 39.9 Å². The van der Waals surface area contributed by atoms with Gasteiger partial charge < -0.3 is 15.6 Å². The Bertz CT molecular complexity index is 993. The van der Waals surface area contributed by atoms with Crippen molar-refractivity contribution in [2.45, 2.75) is 37.5 Å². The number of rotatable bonds is 3. The van der Waals surface area contributed by atoms with E-state index in [1.165, 1.54) is 0 Å². The number of benzene rings is 1. The van der Waals surface area contributed by atoms with Crippen LogP contribution < -0.4 is 10.6 Å². The predicted molar refractivity (Wildman–Crippen MR) is 106 cm³/mol. The molecule has 0 bridgehead atoms. The molecule has 28 heavy (non-hydrogen) atoms. The van der Waals surface area contributed by atoms with Crippen molar-refractivity contribution in [1.82, 2.24) is 9.97 Å². The summed E-state index contributed by atoms with van der Waals surface area (Å²) in [4.78, 5) is 19.7. The Balaban J connectivity index is 1.39. The van der Waals surface area contributed by atoms with Crippen LogP contribution in [0.4, 0.5) is 25.0 Å². The molecular weight excluding hydrogens is 386 g/mol. The van der Waals surface area contributed by atoms with Gasteiger partial charge >= 0.3 is 6.03 Å². The maximum atomic E-state index is 13.3. The van der Waals surface area contributed by atoms with Crippen LogP contribution in [0.2, 0.25) is 5.02 Å². The molecule has 1 aliphatic carbocycles. The average molecular weight is 405 g/mol. The smallest absolute Gasteiger partial charge is 0.323 e. The second-order valence-corrected chi connectivity index (χ2v) is 7.51. The SMILES string of the molecule is O=C(Nc1ccc(C2CCC(F)(F)CC2)nc1)Nc1c[nH]c2ccc(Cl)cc12. The molecule has 3 N–H and O–H groups in total. The van der Waals surface area contributed by atoms with Crippen LogP contribution in [0.25, 0.3) is 10.9 Å². The van der Waals surface area contributed by atoms with Gasteiger partial charge in [-0.1, -0.05) is 11.6 Å². The summed E-state index contributed by atoms with van der Waals surface area (Å²) in [5, 5.41) is 6.89. The molecule has 0 spiro atoms. The number of amides is 2. The number of nitrogens with one attached hydrogen (secondary N) is 3. The molecule has 2 aromatic heterocycles. The van der Waals surface area contributed by atoms with Crippen molar-refractivity contribution in [1.29, 1.82) is 0 Å². The van der Waals surface area contributed by atoms with Crippen LogP contribution in [0.3, 0.4) is 0 Å². The first-order valence-electron chi connectivity index (χ1n) is 9.08. The standard InChI is InChI=1S/C20H19ClF2N4O/c21-13-1-3-17-15(9-13)18(11-25-17)27-19(28)26-14-2-4-16(24-10-14)12-5-7-20(22,23)8-6-12/h1-4,9-12,25H,5-8H2,(H2,26,27,28). The number of alkyl halides is 2. The van der Waals surface area contributed by atoms with Crippen molar-refractivity contribution in [3.05, 3.63) is 53.4 Å². The lowest BCUT2D eigenvalue weighted by atomic mass is 9.84. The Labute approximate surface area is 165 Å². The number of halogens is 3. The van der Waals surface area contributed by atoms with E-state index in [0.29, 0.717) is 29.2 Å². The fourth-order valence-electron chi connectivity index (χ4n) is 3.54. The lowest BCUT2D eigenvalue weighted by Crippen LogP contribution is -2.24. The van der Waals surface area contributed by atoms with Crippen molar-refractivity contribution in [2.75, 3.05) is 10.6 Å². The Morgan fingerprint density at radius 1 is 1.18 bits per heavy atom. The van der Waals surface area contributed by atoms with Crippen LogP contribution in [0, 0.1) is 0 Å². The molecular formula is C20H19ClF2N4O. The summed E-state index contributed by atoms with van der Waals surface area (Å²) in [6, 6.07) is 8.49. The maximum Gasteiger partial charge on any atom is 0.323 e. The summed E-state index contributed by atoms with van der Waals surface area (Å²) < 4.78 is 26.6. The number of pyridine rings is 1. The minimum atomic E-state index is -2.55. The zero-order chi connectivity index (χ0) is 19.7. The molecule has 2 amide bonds.